The number of nitrogens with one attached hydrogen (secondary N) is 7. The highest BCUT2D eigenvalue weighted by atomic mass is 16.5. The Labute approximate surface area is 330 Å². The Morgan fingerprint density at radius 3 is 1.84 bits per heavy atom. The van der Waals surface area contributed by atoms with Crippen LogP contribution in [0.2, 0.25) is 0 Å². The summed E-state index contributed by atoms with van der Waals surface area (Å²) in [5.74, 6) is -9.29. The molecule has 1 heterocycles. The molecule has 8 amide bonds. The van der Waals surface area contributed by atoms with Gasteiger partial charge >= 0.3 is 5.97 Å². The molecule has 24 nitrogen and oxygen atoms in total. The van der Waals surface area contributed by atoms with Gasteiger partial charge in [0.15, 0.2) is 6.23 Å². The minimum absolute atomic E-state index is 0.105. The Morgan fingerprint density at radius 2 is 1.31 bits per heavy atom. The zero-order chi connectivity index (χ0) is 43.9. The number of rotatable bonds is 21. The minimum atomic E-state index is -1.73. The predicted molar refractivity (Wildman–Crippen MR) is 194 cm³/mol. The average Bonchev–Trinajstić information content (AvgIpc) is 3.14. The summed E-state index contributed by atoms with van der Waals surface area (Å²) in [6.07, 6.45) is -8.33. The van der Waals surface area contributed by atoms with Gasteiger partial charge in [-0.1, -0.05) is 12.1 Å². The quantitative estimate of drug-likeness (QED) is 0.0548. The van der Waals surface area contributed by atoms with E-state index in [1.165, 1.54) is 31.2 Å². The molecule has 0 unspecified atom stereocenters. The summed E-state index contributed by atoms with van der Waals surface area (Å²) in [6, 6.07) is -3.99. The fourth-order valence-electron chi connectivity index (χ4n) is 5.53. The van der Waals surface area contributed by atoms with E-state index in [9.17, 15) is 73.8 Å². The number of phenolic OH excluding ortho intramolecular Hbond substituents is 1. The first kappa shape index (κ1) is 48.2. The van der Waals surface area contributed by atoms with Crippen molar-refractivity contribution >= 4 is 53.2 Å². The lowest BCUT2D eigenvalue weighted by molar-refractivity contribution is -0.203. The van der Waals surface area contributed by atoms with Crippen molar-refractivity contribution in [3.63, 3.8) is 0 Å². The molecule has 0 bridgehead atoms. The van der Waals surface area contributed by atoms with Gasteiger partial charge in [0.2, 0.25) is 47.3 Å². The van der Waals surface area contributed by atoms with Crippen LogP contribution in [0.4, 0.5) is 0 Å². The highest BCUT2D eigenvalue weighted by molar-refractivity contribution is 5.97. The number of carbonyl (C=O) groups is 9. The molecule has 1 aliphatic heterocycles. The van der Waals surface area contributed by atoms with Crippen molar-refractivity contribution in [2.75, 3.05) is 13.2 Å². The van der Waals surface area contributed by atoms with Crippen LogP contribution in [0.5, 0.6) is 5.75 Å². The number of aliphatic carboxylic acids is 1. The van der Waals surface area contributed by atoms with E-state index in [-0.39, 0.29) is 12.2 Å². The van der Waals surface area contributed by atoms with Crippen molar-refractivity contribution in [2.24, 2.45) is 5.73 Å². The van der Waals surface area contributed by atoms with E-state index in [4.69, 9.17) is 10.5 Å². The van der Waals surface area contributed by atoms with Gasteiger partial charge in [-0.3, -0.25) is 38.4 Å². The standard InChI is InChI=1S/C34H50N8O16/c1-14(29(52)40-20(10-17-4-6-18(47)7-5-17)31(54)41-22(12-43)34(56)57)36-30(53)19(8-9-24(35)48)39-32(55)21(37-15(2)45)11-25(49)42-33-26(38-16(3)46)28(51)27(50)23(13-44)58-33/h4-7,14,19-23,26-28,33,43-44,47,50-51H,8-13H2,1-3H3,(H2,35,48)(H,36,53)(H,37,45)(H,38,46)(H,39,55)(H,40,52)(H,41,54)(H,42,49)(H,56,57)/t14-,19-,20-,21-,22-,23+,26+,27+,28+,33+/m0/s1. The highest BCUT2D eigenvalue weighted by Crippen LogP contribution is 2.20. The number of carboxylic acids is 1. The van der Waals surface area contributed by atoms with Crippen molar-refractivity contribution in [3.8, 4) is 5.75 Å². The molecule has 10 atom stereocenters. The fraction of sp³-hybridized carbons (Fsp3) is 0.559. The molecule has 1 fully saturated rings. The SMILES string of the molecule is CC(=O)N[C@@H]1[C@@H](O)[C@H](O)[C@@H](CO)O[C@H]1NC(=O)C[C@H](NC(C)=O)C(=O)N[C@@H](CCC(N)=O)C(=O)N[C@@H](C)C(=O)N[C@@H](Cc1ccc(O)cc1)C(=O)N[C@@H](CO)C(=O)O. The van der Waals surface area contributed by atoms with Crippen LogP contribution in [0.15, 0.2) is 24.3 Å². The van der Waals surface area contributed by atoms with Gasteiger partial charge in [-0.25, -0.2) is 4.79 Å². The Kier molecular flexibility index (Phi) is 18.9. The Morgan fingerprint density at radius 1 is 0.741 bits per heavy atom. The van der Waals surface area contributed by atoms with Gasteiger partial charge in [0.25, 0.3) is 0 Å². The Bertz CT molecular complexity index is 1660. The number of aliphatic hydroxyl groups excluding tert-OH is 4. The highest BCUT2D eigenvalue weighted by Gasteiger charge is 2.45. The molecule has 0 saturated carbocycles. The van der Waals surface area contributed by atoms with Crippen LogP contribution in [-0.4, -0.2) is 158 Å². The molecule has 0 radical (unpaired) electrons. The van der Waals surface area contributed by atoms with E-state index < -0.39 is 146 Å². The minimum Gasteiger partial charge on any atom is -0.508 e. The van der Waals surface area contributed by atoms with Crippen molar-refractivity contribution in [3.05, 3.63) is 29.8 Å². The summed E-state index contributed by atoms with van der Waals surface area (Å²) in [5.41, 5.74) is 5.66. The number of benzene rings is 1. The van der Waals surface area contributed by atoms with Gasteiger partial charge in [0.05, 0.1) is 19.6 Å². The number of phenols is 1. The van der Waals surface area contributed by atoms with Gasteiger partial charge in [-0.2, -0.15) is 0 Å². The summed E-state index contributed by atoms with van der Waals surface area (Å²) in [6.45, 7) is 1.51. The molecule has 24 heteroatoms. The molecule has 58 heavy (non-hydrogen) atoms. The summed E-state index contributed by atoms with van der Waals surface area (Å²) in [5, 5.41) is 74.4. The summed E-state index contributed by atoms with van der Waals surface area (Å²) in [7, 11) is 0. The van der Waals surface area contributed by atoms with Gasteiger partial charge < -0.3 is 78.3 Å². The van der Waals surface area contributed by atoms with Crippen LogP contribution in [-0.2, 0) is 54.3 Å². The monoisotopic (exact) mass is 826 g/mol. The molecular formula is C34H50N8O16. The number of aliphatic hydroxyl groups is 4. The molecule has 322 valence electrons. The van der Waals surface area contributed by atoms with Gasteiger partial charge in [-0.15, -0.1) is 0 Å². The Balaban J connectivity index is 2.24. The van der Waals surface area contributed by atoms with Crippen LogP contribution in [0, 0.1) is 0 Å². The predicted octanol–water partition coefficient (Wildman–Crippen LogP) is -6.81. The number of hydrogen-bond donors (Lipinski definition) is 14. The second-order valence-electron chi connectivity index (χ2n) is 13.3. The number of aromatic hydroxyl groups is 1. The second kappa shape index (κ2) is 22.7. The van der Waals surface area contributed by atoms with Gasteiger partial charge in [0, 0.05) is 26.7 Å². The van der Waals surface area contributed by atoms with Crippen molar-refractivity contribution in [1.29, 1.82) is 0 Å². The van der Waals surface area contributed by atoms with Gasteiger partial charge in [0.1, 0.15) is 60.3 Å². The number of carboxylic acid groups (broad SMARTS) is 1. The maximum atomic E-state index is 13.5. The number of amides is 8. The molecule has 1 aromatic carbocycles. The molecule has 1 saturated heterocycles. The molecule has 0 aliphatic carbocycles. The third-order valence-electron chi connectivity index (χ3n) is 8.55. The van der Waals surface area contributed by atoms with Crippen LogP contribution in [0.1, 0.15) is 45.6 Å². The van der Waals surface area contributed by atoms with Crippen LogP contribution < -0.4 is 43.0 Å². The largest absolute Gasteiger partial charge is 0.508 e. The van der Waals surface area contributed by atoms with E-state index >= 15 is 0 Å². The van der Waals surface area contributed by atoms with Crippen molar-refractivity contribution < 1.29 is 78.5 Å². The third-order valence-corrected chi connectivity index (χ3v) is 8.55. The van der Waals surface area contributed by atoms with Crippen molar-refractivity contribution in [1.82, 2.24) is 37.2 Å². The van der Waals surface area contributed by atoms with Crippen LogP contribution in [0.25, 0.3) is 0 Å². The lowest BCUT2D eigenvalue weighted by atomic mass is 9.95. The average molecular weight is 827 g/mol. The summed E-state index contributed by atoms with van der Waals surface area (Å²) < 4.78 is 5.45. The number of hydrogen-bond acceptors (Lipinski definition) is 15. The van der Waals surface area contributed by atoms with E-state index in [0.29, 0.717) is 5.56 Å². The van der Waals surface area contributed by atoms with E-state index in [2.05, 4.69) is 37.2 Å². The second-order valence-corrected chi connectivity index (χ2v) is 13.3. The fourth-order valence-corrected chi connectivity index (χ4v) is 5.53. The summed E-state index contributed by atoms with van der Waals surface area (Å²) >= 11 is 0. The first-order valence-electron chi connectivity index (χ1n) is 17.7. The molecular weight excluding hydrogens is 776 g/mol. The molecule has 1 aliphatic rings. The maximum Gasteiger partial charge on any atom is 0.328 e. The van der Waals surface area contributed by atoms with Crippen LogP contribution in [0.3, 0.4) is 0 Å². The number of carbonyl (C=O) groups excluding carboxylic acids is 8. The van der Waals surface area contributed by atoms with E-state index in [1.54, 1.807) is 0 Å². The maximum absolute atomic E-state index is 13.5. The van der Waals surface area contributed by atoms with E-state index in [1.807, 2.05) is 0 Å². The topological polar surface area (TPSA) is 394 Å². The first-order valence-corrected chi connectivity index (χ1v) is 17.7. The zero-order valence-corrected chi connectivity index (χ0v) is 31.7. The van der Waals surface area contributed by atoms with Crippen LogP contribution >= 0.6 is 0 Å². The lowest BCUT2D eigenvalue weighted by Gasteiger charge is -2.42. The van der Waals surface area contributed by atoms with E-state index in [0.717, 1.165) is 13.8 Å². The summed E-state index contributed by atoms with van der Waals surface area (Å²) in [4.78, 5) is 113. The van der Waals surface area contributed by atoms with Crippen molar-refractivity contribution in [2.45, 2.75) is 107 Å². The molecule has 1 aromatic rings. The smallest absolute Gasteiger partial charge is 0.328 e. The number of primary amides is 1. The third kappa shape index (κ3) is 15.2. The normalized spacial score (nSPS) is 21.3. The number of ether oxygens (including phenoxy) is 1. The first-order chi connectivity index (χ1) is 27.2. The molecule has 0 spiro atoms. The number of nitrogens with two attached hydrogens (primary N) is 1. The van der Waals surface area contributed by atoms with Gasteiger partial charge in [-0.05, 0) is 31.0 Å². The zero-order valence-electron chi connectivity index (χ0n) is 31.7. The lowest BCUT2D eigenvalue weighted by Crippen LogP contribution is -2.68. The molecule has 0 aromatic heterocycles. The molecule has 2 rings (SSSR count). The molecule has 15 N–H and O–H groups in total. The Hall–Kier alpha value is -5.95.